The second-order valence-corrected chi connectivity index (χ2v) is 8.58. The Morgan fingerprint density at radius 1 is 0.970 bits per heavy atom. The number of carbonyl (C=O) groups excluding carboxylic acids is 1. The molecule has 3 heterocycles. The summed E-state index contributed by atoms with van der Waals surface area (Å²) in [5, 5.41) is 1.03. The molecule has 2 aliphatic heterocycles. The van der Waals surface area contributed by atoms with E-state index in [0.717, 1.165) is 40.9 Å². The molecule has 2 fully saturated rings. The van der Waals surface area contributed by atoms with E-state index in [4.69, 9.17) is 4.98 Å². The molecule has 0 saturated carbocycles. The summed E-state index contributed by atoms with van der Waals surface area (Å²) in [5.74, 6) is 0. The summed E-state index contributed by atoms with van der Waals surface area (Å²) >= 11 is 0. The molecule has 1 spiro atoms. The number of hydrogen-bond donors (Lipinski definition) is 0. The minimum atomic E-state index is -5.72. The lowest BCUT2D eigenvalue weighted by Gasteiger charge is -2.45. The van der Waals surface area contributed by atoms with Crippen LogP contribution >= 0.6 is 0 Å². The van der Waals surface area contributed by atoms with Gasteiger partial charge in [0.2, 0.25) is 0 Å². The van der Waals surface area contributed by atoms with E-state index in [9.17, 15) is 31.1 Å². The highest BCUT2D eigenvalue weighted by molar-refractivity contribution is 5.78. The Hall–Kier alpha value is -2.56. The van der Waals surface area contributed by atoms with Gasteiger partial charge in [-0.1, -0.05) is 24.3 Å². The number of alkyl halides is 6. The van der Waals surface area contributed by atoms with Gasteiger partial charge in [-0.15, -0.1) is 0 Å². The van der Waals surface area contributed by atoms with E-state index >= 15 is 0 Å². The van der Waals surface area contributed by atoms with Crippen molar-refractivity contribution in [3.8, 4) is 0 Å². The topological polar surface area (TPSA) is 45.7 Å². The van der Waals surface area contributed by atoms with Gasteiger partial charge < -0.3 is 9.64 Å². The Morgan fingerprint density at radius 2 is 1.64 bits per heavy atom. The van der Waals surface area contributed by atoms with Gasteiger partial charge in [0.1, 0.15) is 0 Å². The maximum absolute atomic E-state index is 12.7. The van der Waals surface area contributed by atoms with Gasteiger partial charge in [0, 0.05) is 30.6 Å². The number of ether oxygens (including phenoxy) is 1. The lowest BCUT2D eigenvalue weighted by molar-refractivity contribution is -0.308. The van der Waals surface area contributed by atoms with Gasteiger partial charge in [0.25, 0.3) is 6.10 Å². The third-order valence-electron chi connectivity index (χ3n) is 6.52. The molecule has 0 atom stereocenters. The van der Waals surface area contributed by atoms with E-state index < -0.39 is 24.5 Å². The number of piperidine rings is 1. The molecule has 2 aliphatic rings. The Kier molecular flexibility index (Phi) is 6.19. The van der Waals surface area contributed by atoms with Crippen LogP contribution in [0.3, 0.4) is 0 Å². The molecule has 4 rings (SSSR count). The molecule has 33 heavy (non-hydrogen) atoms. The van der Waals surface area contributed by atoms with E-state index in [1.165, 1.54) is 0 Å². The molecule has 0 bridgehead atoms. The fraction of sp³-hybridized carbons (Fsp3) is 0.545. The van der Waals surface area contributed by atoms with E-state index in [1.807, 2.05) is 36.4 Å². The summed E-state index contributed by atoms with van der Waals surface area (Å²) in [6.45, 7) is 1.45. The van der Waals surface area contributed by atoms with Crippen LogP contribution in [-0.2, 0) is 11.3 Å². The smallest absolute Gasteiger partial charge is 0.426 e. The summed E-state index contributed by atoms with van der Waals surface area (Å²) in [4.78, 5) is 20.0. The van der Waals surface area contributed by atoms with Gasteiger partial charge in [-0.05, 0) is 44.4 Å². The summed E-state index contributed by atoms with van der Waals surface area (Å²) in [6, 6.07) is 11.7. The predicted octanol–water partition coefficient (Wildman–Crippen LogP) is 5.30. The average Bonchev–Trinajstić information content (AvgIpc) is 3.12. The maximum atomic E-state index is 12.7. The van der Waals surface area contributed by atoms with Gasteiger partial charge in [-0.25, -0.2) is 4.79 Å². The van der Waals surface area contributed by atoms with E-state index in [-0.39, 0.29) is 18.6 Å². The van der Waals surface area contributed by atoms with E-state index in [1.54, 1.807) is 0 Å². The zero-order valence-corrected chi connectivity index (χ0v) is 17.6. The summed E-state index contributed by atoms with van der Waals surface area (Å²) < 4.78 is 80.1. The van der Waals surface area contributed by atoms with Crippen LogP contribution in [0.1, 0.15) is 31.4 Å². The molecule has 0 N–H and O–H groups in total. The quantitative estimate of drug-likeness (QED) is 0.566. The number of fused-ring (bicyclic) bond motifs is 1. The molecule has 2 aromatic rings. The first-order chi connectivity index (χ1) is 15.5. The average molecular weight is 475 g/mol. The molecule has 1 aromatic carbocycles. The van der Waals surface area contributed by atoms with Crippen molar-refractivity contribution in [1.29, 1.82) is 0 Å². The Bertz CT molecular complexity index is 988. The Labute approximate surface area is 186 Å². The van der Waals surface area contributed by atoms with Gasteiger partial charge in [0.05, 0.1) is 11.2 Å². The van der Waals surface area contributed by atoms with Gasteiger partial charge >= 0.3 is 18.4 Å². The standard InChI is InChI=1S/C22H23F6N3O2/c23-21(24,25)18(22(26,27)28)33-19(32)30-12-9-20(10-13-30)8-3-11-31(20)14-16-7-6-15-4-1-2-5-17(15)29-16/h1-2,4-7,18H,3,8-14H2. The SMILES string of the molecule is O=C(OC(C(F)(F)F)C(F)(F)F)N1CCC2(CCCN2Cc2ccc3ccccc3n2)CC1. The molecule has 0 aliphatic carbocycles. The van der Waals surface area contributed by atoms with E-state index in [0.29, 0.717) is 19.4 Å². The minimum absolute atomic E-state index is 0.0307. The highest BCUT2D eigenvalue weighted by Gasteiger charge is 2.60. The molecule has 1 amide bonds. The molecular weight excluding hydrogens is 452 g/mol. The molecule has 1 aromatic heterocycles. The highest BCUT2D eigenvalue weighted by Crippen LogP contribution is 2.40. The molecule has 11 heteroatoms. The number of hydrogen-bond acceptors (Lipinski definition) is 4. The van der Waals surface area contributed by atoms with Crippen LogP contribution in [0, 0.1) is 0 Å². The molecule has 0 radical (unpaired) electrons. The first-order valence-corrected chi connectivity index (χ1v) is 10.7. The second-order valence-electron chi connectivity index (χ2n) is 8.58. The van der Waals surface area contributed by atoms with Crippen molar-refractivity contribution >= 4 is 17.0 Å². The number of halogens is 6. The van der Waals surface area contributed by atoms with Gasteiger partial charge in [0.15, 0.2) is 0 Å². The normalized spacial score (nSPS) is 19.5. The van der Waals surface area contributed by atoms with E-state index in [2.05, 4.69) is 9.64 Å². The van der Waals surface area contributed by atoms with Crippen molar-refractivity contribution in [2.45, 2.75) is 56.2 Å². The van der Waals surface area contributed by atoms with Crippen molar-refractivity contribution in [3.63, 3.8) is 0 Å². The fourth-order valence-corrected chi connectivity index (χ4v) is 4.80. The Morgan fingerprint density at radius 3 is 2.30 bits per heavy atom. The lowest BCUT2D eigenvalue weighted by Crippen LogP contribution is -2.54. The van der Waals surface area contributed by atoms with Crippen molar-refractivity contribution in [3.05, 3.63) is 42.1 Å². The van der Waals surface area contributed by atoms with Gasteiger partial charge in [-0.3, -0.25) is 9.88 Å². The van der Waals surface area contributed by atoms with Crippen LogP contribution in [0.2, 0.25) is 0 Å². The molecule has 180 valence electrons. The zero-order valence-electron chi connectivity index (χ0n) is 17.6. The summed E-state index contributed by atoms with van der Waals surface area (Å²) in [7, 11) is 0. The Balaban J connectivity index is 1.40. The highest BCUT2D eigenvalue weighted by atomic mass is 19.4. The number of rotatable bonds is 3. The number of amides is 1. The van der Waals surface area contributed by atoms with Crippen LogP contribution in [-0.4, -0.2) is 64.5 Å². The molecule has 5 nitrogen and oxygen atoms in total. The molecule has 2 saturated heterocycles. The van der Waals surface area contributed by atoms with Crippen LogP contribution < -0.4 is 0 Å². The van der Waals surface area contributed by atoms with Crippen molar-refractivity contribution in [2.24, 2.45) is 0 Å². The third-order valence-corrected chi connectivity index (χ3v) is 6.52. The number of aromatic nitrogens is 1. The van der Waals surface area contributed by atoms with Gasteiger partial charge in [-0.2, -0.15) is 26.3 Å². The second kappa shape index (κ2) is 8.66. The number of benzene rings is 1. The summed E-state index contributed by atoms with van der Waals surface area (Å²) in [5.41, 5.74) is 1.50. The first-order valence-electron chi connectivity index (χ1n) is 10.7. The summed E-state index contributed by atoms with van der Waals surface area (Å²) in [6.07, 6.45) is -14.5. The fourth-order valence-electron chi connectivity index (χ4n) is 4.80. The van der Waals surface area contributed by atoms with Crippen LogP contribution in [0.4, 0.5) is 31.1 Å². The maximum Gasteiger partial charge on any atom is 0.434 e. The van der Waals surface area contributed by atoms with Crippen molar-refractivity contribution in [1.82, 2.24) is 14.8 Å². The predicted molar refractivity (Wildman–Crippen MR) is 107 cm³/mol. The minimum Gasteiger partial charge on any atom is -0.426 e. The number of pyridine rings is 1. The van der Waals surface area contributed by atoms with Crippen LogP contribution in [0.25, 0.3) is 10.9 Å². The first kappa shape index (κ1) is 23.6. The number of nitrogens with zero attached hydrogens (tertiary/aromatic N) is 3. The number of likely N-dealkylation sites (tertiary alicyclic amines) is 2. The van der Waals surface area contributed by atoms with Crippen LogP contribution in [0.15, 0.2) is 36.4 Å². The molecule has 0 unspecified atom stereocenters. The van der Waals surface area contributed by atoms with Crippen molar-refractivity contribution < 1.29 is 35.9 Å². The zero-order chi connectivity index (χ0) is 23.9. The molecular formula is C22H23F6N3O2. The monoisotopic (exact) mass is 475 g/mol. The lowest BCUT2D eigenvalue weighted by atomic mass is 9.85. The number of carbonyl (C=O) groups is 1. The largest absolute Gasteiger partial charge is 0.434 e. The van der Waals surface area contributed by atoms with Crippen molar-refractivity contribution in [2.75, 3.05) is 19.6 Å². The third kappa shape index (κ3) is 5.02. The van der Waals surface area contributed by atoms with Crippen LogP contribution in [0.5, 0.6) is 0 Å². The number of para-hydroxylation sites is 1.